The Morgan fingerprint density at radius 3 is 2.86 bits per heavy atom. The van der Waals surface area contributed by atoms with Crippen LogP contribution in [0.5, 0.6) is 5.75 Å². The minimum atomic E-state index is -3.64. The van der Waals surface area contributed by atoms with Gasteiger partial charge in [-0.3, -0.25) is 9.48 Å². The molecular formula is C20H28N4O4S. The summed E-state index contributed by atoms with van der Waals surface area (Å²) in [5, 5.41) is 6.87. The minimum Gasteiger partial charge on any atom is -0.491 e. The zero-order chi connectivity index (χ0) is 21.0. The molecule has 2 aromatic rings. The van der Waals surface area contributed by atoms with Gasteiger partial charge in [-0.05, 0) is 44.4 Å². The van der Waals surface area contributed by atoms with Crippen molar-refractivity contribution in [1.82, 2.24) is 19.4 Å². The number of piperidine rings is 1. The molecule has 0 spiro atoms. The summed E-state index contributed by atoms with van der Waals surface area (Å²) in [6.45, 7) is 4.89. The van der Waals surface area contributed by atoms with E-state index >= 15 is 0 Å². The number of ether oxygens (including phenoxy) is 1. The maximum atomic E-state index is 12.8. The number of nitrogens with one attached hydrogen (secondary N) is 1. The average Bonchev–Trinajstić information content (AvgIpc) is 3.13. The van der Waals surface area contributed by atoms with E-state index in [4.69, 9.17) is 4.74 Å². The van der Waals surface area contributed by atoms with Crippen LogP contribution in [-0.4, -0.2) is 47.6 Å². The maximum Gasteiger partial charge on any atom is 0.246 e. The van der Waals surface area contributed by atoms with Crippen molar-refractivity contribution in [3.05, 3.63) is 42.2 Å². The van der Waals surface area contributed by atoms with Crippen LogP contribution in [0.2, 0.25) is 0 Å². The molecule has 158 valence electrons. The molecule has 0 saturated carbocycles. The monoisotopic (exact) mass is 420 g/mol. The van der Waals surface area contributed by atoms with E-state index in [-0.39, 0.29) is 29.4 Å². The van der Waals surface area contributed by atoms with Gasteiger partial charge in [0.15, 0.2) is 0 Å². The first-order valence-electron chi connectivity index (χ1n) is 9.78. The summed E-state index contributed by atoms with van der Waals surface area (Å²) in [5.41, 5.74) is 0.937. The molecule has 1 aromatic heterocycles. The van der Waals surface area contributed by atoms with E-state index in [1.165, 1.54) is 21.4 Å². The van der Waals surface area contributed by atoms with Crippen molar-refractivity contribution < 1.29 is 17.9 Å². The third-order valence-corrected chi connectivity index (χ3v) is 6.63. The highest BCUT2D eigenvalue weighted by molar-refractivity contribution is 7.89. The molecule has 0 bridgehead atoms. The van der Waals surface area contributed by atoms with Crippen molar-refractivity contribution >= 4 is 15.9 Å². The zero-order valence-corrected chi connectivity index (χ0v) is 17.9. The molecule has 8 nitrogen and oxygen atoms in total. The molecule has 1 aliphatic rings. The second-order valence-electron chi connectivity index (χ2n) is 7.58. The molecule has 1 saturated heterocycles. The summed E-state index contributed by atoms with van der Waals surface area (Å²) in [6.07, 6.45) is 4.21. The largest absolute Gasteiger partial charge is 0.491 e. The Balaban J connectivity index is 1.60. The number of hydrogen-bond donors (Lipinski definition) is 1. The van der Waals surface area contributed by atoms with Gasteiger partial charge in [0, 0.05) is 32.9 Å². The number of nitrogens with zero attached hydrogens (tertiary/aromatic N) is 3. The molecule has 1 amide bonds. The van der Waals surface area contributed by atoms with Crippen LogP contribution >= 0.6 is 0 Å². The summed E-state index contributed by atoms with van der Waals surface area (Å²) in [6, 6.07) is 7.60. The number of rotatable bonds is 7. The predicted octanol–water partition coefficient (Wildman–Crippen LogP) is 1.92. The smallest absolute Gasteiger partial charge is 0.246 e. The maximum absolute atomic E-state index is 12.8. The predicted molar refractivity (Wildman–Crippen MR) is 109 cm³/mol. The fraction of sp³-hybridized carbons (Fsp3) is 0.500. The minimum absolute atomic E-state index is 0.0785. The lowest BCUT2D eigenvalue weighted by Gasteiger charge is -2.30. The van der Waals surface area contributed by atoms with Gasteiger partial charge < -0.3 is 10.1 Å². The van der Waals surface area contributed by atoms with E-state index in [2.05, 4.69) is 10.4 Å². The summed E-state index contributed by atoms with van der Waals surface area (Å²) in [5.74, 6) is 0.259. The number of amides is 1. The Bertz CT molecular complexity index is 955. The van der Waals surface area contributed by atoms with Crippen LogP contribution in [0.25, 0.3) is 0 Å². The van der Waals surface area contributed by atoms with Gasteiger partial charge in [0.1, 0.15) is 10.6 Å². The molecule has 9 heteroatoms. The van der Waals surface area contributed by atoms with E-state index in [1.54, 1.807) is 7.05 Å². The van der Waals surface area contributed by atoms with Crippen LogP contribution in [-0.2, 0) is 28.4 Å². The molecule has 1 aliphatic heterocycles. The van der Waals surface area contributed by atoms with Crippen LogP contribution in [0.1, 0.15) is 32.3 Å². The second-order valence-corrected chi connectivity index (χ2v) is 9.52. The van der Waals surface area contributed by atoms with E-state index in [1.807, 2.05) is 38.1 Å². The zero-order valence-electron chi connectivity index (χ0n) is 17.0. The first-order valence-corrected chi connectivity index (χ1v) is 11.2. The molecule has 1 fully saturated rings. The first kappa shape index (κ1) is 21.3. The number of carbonyl (C=O) groups excluding carboxylic acids is 1. The highest BCUT2D eigenvalue weighted by Crippen LogP contribution is 2.24. The number of benzene rings is 1. The van der Waals surface area contributed by atoms with Crippen molar-refractivity contribution in [2.75, 3.05) is 13.1 Å². The topological polar surface area (TPSA) is 93.5 Å². The Hall–Kier alpha value is -2.39. The number of aromatic nitrogens is 2. The highest BCUT2D eigenvalue weighted by atomic mass is 32.2. The van der Waals surface area contributed by atoms with Crippen LogP contribution in [0, 0.1) is 5.92 Å². The molecule has 0 unspecified atom stereocenters. The van der Waals surface area contributed by atoms with Gasteiger partial charge in [-0.15, -0.1) is 0 Å². The van der Waals surface area contributed by atoms with Gasteiger partial charge in [-0.2, -0.15) is 9.40 Å². The van der Waals surface area contributed by atoms with E-state index in [9.17, 15) is 13.2 Å². The SMILES string of the molecule is CC(C)Oc1cccc(CNC(=O)[C@@H]2CCCN(S(=O)(=O)c3cnn(C)c3)C2)c1. The summed E-state index contributed by atoms with van der Waals surface area (Å²) >= 11 is 0. The normalized spacial score (nSPS) is 18.0. The van der Waals surface area contributed by atoms with E-state index < -0.39 is 10.0 Å². The van der Waals surface area contributed by atoms with Crippen molar-refractivity contribution in [1.29, 1.82) is 0 Å². The number of hydrogen-bond acceptors (Lipinski definition) is 5. The highest BCUT2D eigenvalue weighted by Gasteiger charge is 2.33. The van der Waals surface area contributed by atoms with Gasteiger partial charge in [0.2, 0.25) is 15.9 Å². The van der Waals surface area contributed by atoms with Crippen molar-refractivity contribution in [3.63, 3.8) is 0 Å². The fourth-order valence-corrected chi connectivity index (χ4v) is 4.90. The summed E-state index contributed by atoms with van der Waals surface area (Å²) in [7, 11) is -1.97. The Labute approximate surface area is 171 Å². The average molecular weight is 421 g/mol. The Morgan fingerprint density at radius 2 is 2.17 bits per heavy atom. The summed E-state index contributed by atoms with van der Waals surface area (Å²) < 4.78 is 34.1. The summed E-state index contributed by atoms with van der Waals surface area (Å²) in [4.78, 5) is 12.8. The third-order valence-electron chi connectivity index (χ3n) is 4.81. The lowest BCUT2D eigenvalue weighted by molar-refractivity contribution is -0.126. The van der Waals surface area contributed by atoms with Crippen molar-refractivity contribution in [3.8, 4) is 5.75 Å². The Kier molecular flexibility index (Phi) is 6.59. The molecule has 1 N–H and O–H groups in total. The van der Waals surface area contributed by atoms with E-state index in [0.29, 0.717) is 25.9 Å². The van der Waals surface area contributed by atoms with Gasteiger partial charge in [0.05, 0.1) is 18.2 Å². The van der Waals surface area contributed by atoms with Crippen LogP contribution in [0.4, 0.5) is 0 Å². The molecular weight excluding hydrogens is 392 g/mol. The number of aryl methyl sites for hydroxylation is 1. The van der Waals surface area contributed by atoms with Gasteiger partial charge >= 0.3 is 0 Å². The van der Waals surface area contributed by atoms with Crippen molar-refractivity contribution in [2.45, 2.75) is 44.2 Å². The number of carbonyl (C=O) groups is 1. The van der Waals surface area contributed by atoms with Crippen LogP contribution < -0.4 is 10.1 Å². The Morgan fingerprint density at radius 1 is 1.38 bits per heavy atom. The first-order chi connectivity index (χ1) is 13.8. The lowest BCUT2D eigenvalue weighted by Crippen LogP contribution is -2.45. The van der Waals surface area contributed by atoms with Crippen LogP contribution in [0.3, 0.4) is 0 Å². The standard InChI is InChI=1S/C20H28N4O4S/c1-15(2)28-18-8-4-6-16(10-18)11-21-20(25)17-7-5-9-24(13-17)29(26,27)19-12-22-23(3)14-19/h4,6,8,10,12,14-15,17H,5,7,9,11,13H2,1-3H3,(H,21,25)/t17-/m1/s1. The quantitative estimate of drug-likeness (QED) is 0.739. The molecule has 1 atom stereocenters. The molecule has 2 heterocycles. The molecule has 3 rings (SSSR count). The molecule has 0 radical (unpaired) electrons. The van der Waals surface area contributed by atoms with Gasteiger partial charge in [0.25, 0.3) is 0 Å². The fourth-order valence-electron chi connectivity index (χ4n) is 3.39. The third kappa shape index (κ3) is 5.36. The number of sulfonamides is 1. The molecule has 1 aromatic carbocycles. The molecule has 29 heavy (non-hydrogen) atoms. The van der Waals surface area contributed by atoms with Crippen LogP contribution in [0.15, 0.2) is 41.6 Å². The van der Waals surface area contributed by atoms with Crippen molar-refractivity contribution in [2.24, 2.45) is 13.0 Å². The lowest BCUT2D eigenvalue weighted by atomic mass is 9.99. The van der Waals surface area contributed by atoms with E-state index in [0.717, 1.165) is 11.3 Å². The second kappa shape index (κ2) is 8.96. The van der Waals surface area contributed by atoms with Gasteiger partial charge in [-0.1, -0.05) is 12.1 Å². The van der Waals surface area contributed by atoms with Gasteiger partial charge in [-0.25, -0.2) is 8.42 Å². The molecule has 0 aliphatic carbocycles.